The molecule has 1 aliphatic rings. The maximum atomic E-state index is 13.0. The number of nitrogens with zero attached hydrogens (tertiary/aromatic N) is 4. The molecule has 4 aromatic rings. The first kappa shape index (κ1) is 25.0. The third kappa shape index (κ3) is 5.37. The lowest BCUT2D eigenvalue weighted by atomic mass is 10.1. The van der Waals surface area contributed by atoms with Crippen LogP contribution in [0.15, 0.2) is 79.1 Å². The number of aromatic nitrogens is 2. The molecule has 0 spiro atoms. The summed E-state index contributed by atoms with van der Waals surface area (Å²) in [6.45, 7) is 1.53. The van der Waals surface area contributed by atoms with Gasteiger partial charge in [-0.2, -0.15) is 0 Å². The fraction of sp³-hybridized carbons (Fsp3) is 0.207. The number of nitrogens with one attached hydrogen (secondary N) is 1. The topological polar surface area (TPSA) is 89.0 Å². The van der Waals surface area contributed by atoms with Crippen molar-refractivity contribution in [2.45, 2.75) is 0 Å². The lowest BCUT2D eigenvalue weighted by molar-refractivity contribution is -0.114. The molecule has 1 amide bonds. The van der Waals surface area contributed by atoms with Crippen molar-refractivity contribution in [2.24, 2.45) is 0 Å². The predicted octanol–water partition coefficient (Wildman–Crippen LogP) is 5.02. The number of carbonyl (C=O) groups is 1. The Morgan fingerprint density at radius 3 is 2.63 bits per heavy atom. The van der Waals surface area contributed by atoms with Crippen molar-refractivity contribution in [3.63, 3.8) is 0 Å². The molecule has 1 N–H and O–H groups in total. The minimum atomic E-state index is -0.0901. The molecule has 38 heavy (non-hydrogen) atoms. The molecule has 2 heterocycles. The number of para-hydroxylation sites is 2. The number of hydrogen-bond acceptors (Lipinski definition) is 8. The van der Waals surface area contributed by atoms with Crippen LogP contribution in [0.2, 0.25) is 0 Å². The van der Waals surface area contributed by atoms with Crippen LogP contribution in [-0.2, 0) is 4.79 Å². The average molecular weight is 512 g/mol. The van der Waals surface area contributed by atoms with Crippen LogP contribution in [0, 0.1) is 0 Å². The zero-order valence-corrected chi connectivity index (χ0v) is 21.5. The molecule has 0 fully saturated rings. The third-order valence-electron chi connectivity index (χ3n) is 6.00. The van der Waals surface area contributed by atoms with Gasteiger partial charge in [0.25, 0.3) is 5.91 Å². The van der Waals surface area contributed by atoms with Crippen molar-refractivity contribution in [1.29, 1.82) is 0 Å². The Morgan fingerprint density at radius 1 is 1.08 bits per heavy atom. The average Bonchev–Trinajstić information content (AvgIpc) is 2.93. The molecule has 1 aromatic heterocycles. The van der Waals surface area contributed by atoms with Gasteiger partial charge in [-0.25, -0.2) is 9.97 Å². The smallest absolute Gasteiger partial charge is 0.250 e. The van der Waals surface area contributed by atoms with Gasteiger partial charge in [0.15, 0.2) is 17.2 Å². The van der Waals surface area contributed by atoms with E-state index >= 15 is 0 Å². The van der Waals surface area contributed by atoms with Crippen LogP contribution < -0.4 is 24.4 Å². The van der Waals surface area contributed by atoms with Crippen LogP contribution in [0.25, 0.3) is 10.9 Å². The van der Waals surface area contributed by atoms with E-state index in [0.717, 1.165) is 11.2 Å². The number of likely N-dealkylation sites (N-methyl/N-ethyl adjacent to an activating group) is 1. The van der Waals surface area contributed by atoms with Gasteiger partial charge in [0.2, 0.25) is 0 Å². The van der Waals surface area contributed by atoms with E-state index in [1.54, 1.807) is 18.1 Å². The number of fused-ring (bicyclic) bond motifs is 3. The van der Waals surface area contributed by atoms with Gasteiger partial charge in [0, 0.05) is 18.3 Å². The molecule has 1 aliphatic heterocycles. The van der Waals surface area contributed by atoms with Crippen molar-refractivity contribution in [3.8, 4) is 23.0 Å². The van der Waals surface area contributed by atoms with Crippen molar-refractivity contribution in [1.82, 2.24) is 14.9 Å². The lowest BCUT2D eigenvalue weighted by Crippen LogP contribution is -2.37. The van der Waals surface area contributed by atoms with E-state index in [-0.39, 0.29) is 5.91 Å². The van der Waals surface area contributed by atoms with E-state index in [1.165, 1.54) is 6.33 Å². The molecule has 0 bridgehead atoms. The van der Waals surface area contributed by atoms with Crippen LogP contribution >= 0.6 is 0 Å². The molecule has 194 valence electrons. The van der Waals surface area contributed by atoms with Gasteiger partial charge in [-0.3, -0.25) is 4.79 Å². The molecule has 0 atom stereocenters. The van der Waals surface area contributed by atoms with E-state index in [0.29, 0.717) is 59.6 Å². The van der Waals surface area contributed by atoms with Crippen LogP contribution in [0.3, 0.4) is 0 Å². The van der Waals surface area contributed by atoms with E-state index < -0.39 is 0 Å². The summed E-state index contributed by atoms with van der Waals surface area (Å²) in [6, 6.07) is 18.8. The normalized spacial score (nSPS) is 12.9. The molecule has 0 radical (unpaired) electrons. The maximum Gasteiger partial charge on any atom is 0.250 e. The summed E-state index contributed by atoms with van der Waals surface area (Å²) in [5.74, 6) is 3.05. The summed E-state index contributed by atoms with van der Waals surface area (Å²) in [4.78, 5) is 25.6. The minimum Gasteiger partial charge on any atom is -0.493 e. The largest absolute Gasteiger partial charge is 0.493 e. The van der Waals surface area contributed by atoms with Gasteiger partial charge in [0.05, 0.1) is 30.2 Å². The zero-order chi connectivity index (χ0) is 26.5. The monoisotopic (exact) mass is 511 g/mol. The Morgan fingerprint density at radius 2 is 1.87 bits per heavy atom. The minimum absolute atomic E-state index is 0.0901. The lowest BCUT2D eigenvalue weighted by Gasteiger charge is -2.30. The number of amides is 1. The van der Waals surface area contributed by atoms with Crippen LogP contribution in [0.5, 0.6) is 23.0 Å². The fourth-order valence-corrected chi connectivity index (χ4v) is 4.18. The molecule has 5 rings (SSSR count). The number of hydrogen-bond donors (Lipinski definition) is 1. The Labute approximate surface area is 221 Å². The molecule has 9 heteroatoms. The Kier molecular flexibility index (Phi) is 7.37. The van der Waals surface area contributed by atoms with Crippen molar-refractivity contribution >= 4 is 34.0 Å². The molecule has 0 saturated carbocycles. The SMILES string of the molecule is COc1ccccc1Oc1ccc(Nc2ncnc3ccc4c(c23)OCCN4C(=O)/C=C/CN(C)C)cc1. The Hall–Kier alpha value is -4.63. The quantitative estimate of drug-likeness (QED) is 0.330. The standard InChI is InChI=1S/C29H29N5O4/c1-33(2)16-6-9-26(35)34-17-18-37-28-23(34)15-14-22-27(28)29(31-19-30-22)32-20-10-12-21(13-11-20)38-25-8-5-4-7-24(25)36-3/h4-15,19H,16-18H2,1-3H3,(H,30,31,32)/b9-6+. The molecule has 3 aromatic carbocycles. The number of methoxy groups -OCH3 is 1. The number of benzene rings is 3. The third-order valence-corrected chi connectivity index (χ3v) is 6.00. The highest BCUT2D eigenvalue weighted by molar-refractivity contribution is 6.07. The van der Waals surface area contributed by atoms with Crippen molar-refractivity contribution in [3.05, 3.63) is 79.1 Å². The van der Waals surface area contributed by atoms with Crippen LogP contribution in [0.4, 0.5) is 17.2 Å². The second-order valence-electron chi connectivity index (χ2n) is 8.94. The number of rotatable bonds is 8. The summed E-state index contributed by atoms with van der Waals surface area (Å²) < 4.78 is 17.4. The Balaban J connectivity index is 1.41. The van der Waals surface area contributed by atoms with Gasteiger partial charge >= 0.3 is 0 Å². The summed E-state index contributed by atoms with van der Waals surface area (Å²) in [5, 5.41) is 4.08. The summed E-state index contributed by atoms with van der Waals surface area (Å²) >= 11 is 0. The number of carbonyl (C=O) groups excluding carboxylic acids is 1. The predicted molar refractivity (Wildman–Crippen MR) is 148 cm³/mol. The van der Waals surface area contributed by atoms with E-state index in [1.807, 2.05) is 85.7 Å². The fourth-order valence-electron chi connectivity index (χ4n) is 4.18. The van der Waals surface area contributed by atoms with Crippen molar-refractivity contribution < 1.29 is 19.0 Å². The summed E-state index contributed by atoms with van der Waals surface area (Å²) in [5.41, 5.74) is 2.22. The number of ether oxygens (including phenoxy) is 3. The summed E-state index contributed by atoms with van der Waals surface area (Å²) in [7, 11) is 5.53. The highest BCUT2D eigenvalue weighted by Gasteiger charge is 2.26. The van der Waals surface area contributed by atoms with Gasteiger partial charge in [0.1, 0.15) is 24.5 Å². The van der Waals surface area contributed by atoms with E-state index in [2.05, 4.69) is 15.3 Å². The molecular formula is C29H29N5O4. The molecular weight excluding hydrogens is 482 g/mol. The second-order valence-corrected chi connectivity index (χ2v) is 8.94. The first-order valence-electron chi connectivity index (χ1n) is 12.2. The van der Waals surface area contributed by atoms with E-state index in [9.17, 15) is 4.79 Å². The zero-order valence-electron chi connectivity index (χ0n) is 21.5. The van der Waals surface area contributed by atoms with Gasteiger partial charge in [-0.1, -0.05) is 18.2 Å². The summed E-state index contributed by atoms with van der Waals surface area (Å²) in [6.07, 6.45) is 4.97. The second kappa shape index (κ2) is 11.2. The molecule has 0 unspecified atom stereocenters. The molecule has 0 saturated heterocycles. The molecule has 9 nitrogen and oxygen atoms in total. The maximum absolute atomic E-state index is 13.0. The molecule has 0 aliphatic carbocycles. The Bertz CT molecular complexity index is 1470. The highest BCUT2D eigenvalue weighted by atomic mass is 16.5. The van der Waals surface area contributed by atoms with Crippen molar-refractivity contribution in [2.75, 3.05) is 51.1 Å². The van der Waals surface area contributed by atoms with Gasteiger partial charge < -0.3 is 29.3 Å². The van der Waals surface area contributed by atoms with Gasteiger partial charge in [-0.05, 0) is 62.6 Å². The van der Waals surface area contributed by atoms with Crippen LogP contribution in [0.1, 0.15) is 0 Å². The van der Waals surface area contributed by atoms with E-state index in [4.69, 9.17) is 14.2 Å². The van der Waals surface area contributed by atoms with Gasteiger partial charge in [-0.15, -0.1) is 0 Å². The van der Waals surface area contributed by atoms with Crippen LogP contribution in [-0.4, -0.2) is 61.7 Å². The first-order chi connectivity index (χ1) is 18.5. The first-order valence-corrected chi connectivity index (χ1v) is 12.2. The number of anilines is 3. The highest BCUT2D eigenvalue weighted by Crippen LogP contribution is 2.41.